The summed E-state index contributed by atoms with van der Waals surface area (Å²) in [5.74, 6) is 3.74. The third-order valence-electron chi connectivity index (χ3n) is 4.85. The minimum absolute atomic E-state index is 0. The third-order valence-corrected chi connectivity index (χ3v) is 4.85. The van der Waals surface area contributed by atoms with E-state index < -0.39 is 0 Å². The molecule has 6 heteroatoms. The molecule has 1 aliphatic rings. The fourth-order valence-corrected chi connectivity index (χ4v) is 3.21. The van der Waals surface area contributed by atoms with E-state index in [9.17, 15) is 0 Å². The standard InChI is InChI=1S/C21H27N3O2.HI/c1-22-21(23-13-16-9-10-18(25-2)12-20(16)26-3)24-14-17-11-19(17)15-7-5-4-6-8-15;/h4-10,12,17,19H,11,13-14H2,1-3H3,(H2,22,23,24);1H. The van der Waals surface area contributed by atoms with Crippen LogP contribution in [0.25, 0.3) is 0 Å². The molecule has 27 heavy (non-hydrogen) atoms. The number of aliphatic imine (C=N–C) groups is 1. The molecule has 5 nitrogen and oxygen atoms in total. The van der Waals surface area contributed by atoms with Crippen LogP contribution in [0, 0.1) is 5.92 Å². The molecule has 0 amide bonds. The van der Waals surface area contributed by atoms with Gasteiger partial charge in [0, 0.05) is 31.8 Å². The lowest BCUT2D eigenvalue weighted by Gasteiger charge is -2.14. The Balaban J connectivity index is 0.00000261. The lowest BCUT2D eigenvalue weighted by Crippen LogP contribution is -2.38. The van der Waals surface area contributed by atoms with Crippen LogP contribution >= 0.6 is 24.0 Å². The van der Waals surface area contributed by atoms with Crippen molar-refractivity contribution in [3.63, 3.8) is 0 Å². The zero-order valence-corrected chi connectivity index (χ0v) is 18.4. The molecule has 0 heterocycles. The summed E-state index contributed by atoms with van der Waals surface area (Å²) in [5.41, 5.74) is 2.50. The van der Waals surface area contributed by atoms with Crippen LogP contribution in [-0.4, -0.2) is 33.8 Å². The predicted molar refractivity (Wildman–Crippen MR) is 120 cm³/mol. The Bertz CT molecular complexity index is 752. The molecule has 1 aliphatic carbocycles. The lowest BCUT2D eigenvalue weighted by molar-refractivity contribution is 0.390. The van der Waals surface area contributed by atoms with Gasteiger partial charge in [0.15, 0.2) is 5.96 Å². The second kappa shape index (κ2) is 10.4. The number of nitrogens with one attached hydrogen (secondary N) is 2. The Kier molecular flexibility index (Phi) is 8.22. The van der Waals surface area contributed by atoms with Crippen molar-refractivity contribution in [1.29, 1.82) is 0 Å². The smallest absolute Gasteiger partial charge is 0.191 e. The van der Waals surface area contributed by atoms with Gasteiger partial charge in [-0.3, -0.25) is 4.99 Å². The van der Waals surface area contributed by atoms with Crippen LogP contribution in [-0.2, 0) is 6.54 Å². The summed E-state index contributed by atoms with van der Waals surface area (Å²) in [4.78, 5) is 4.32. The zero-order chi connectivity index (χ0) is 18.4. The molecule has 2 N–H and O–H groups in total. The zero-order valence-electron chi connectivity index (χ0n) is 16.1. The van der Waals surface area contributed by atoms with Gasteiger partial charge in [-0.1, -0.05) is 30.3 Å². The number of methoxy groups -OCH3 is 2. The topological polar surface area (TPSA) is 54.9 Å². The molecule has 1 saturated carbocycles. The van der Waals surface area contributed by atoms with E-state index in [1.165, 1.54) is 12.0 Å². The van der Waals surface area contributed by atoms with Gasteiger partial charge in [0.25, 0.3) is 0 Å². The highest BCUT2D eigenvalue weighted by Crippen LogP contribution is 2.46. The molecule has 0 spiro atoms. The molecular weight excluding hydrogens is 453 g/mol. The molecule has 0 radical (unpaired) electrons. The number of rotatable bonds is 7. The van der Waals surface area contributed by atoms with Crippen molar-refractivity contribution >= 4 is 29.9 Å². The average Bonchev–Trinajstić information content (AvgIpc) is 3.48. The van der Waals surface area contributed by atoms with E-state index in [-0.39, 0.29) is 24.0 Å². The number of nitrogens with zero attached hydrogens (tertiary/aromatic N) is 1. The van der Waals surface area contributed by atoms with Crippen molar-refractivity contribution in [3.8, 4) is 11.5 Å². The molecule has 0 aromatic heterocycles. The van der Waals surface area contributed by atoms with Gasteiger partial charge in [-0.05, 0) is 36.0 Å². The van der Waals surface area contributed by atoms with Crippen molar-refractivity contribution in [3.05, 3.63) is 59.7 Å². The second-order valence-electron chi connectivity index (χ2n) is 6.50. The van der Waals surface area contributed by atoms with Crippen LogP contribution in [0.2, 0.25) is 0 Å². The van der Waals surface area contributed by atoms with Crippen molar-refractivity contribution in [1.82, 2.24) is 10.6 Å². The molecular formula is C21H28IN3O2. The van der Waals surface area contributed by atoms with Crippen LogP contribution in [0.3, 0.4) is 0 Å². The number of benzene rings is 2. The Morgan fingerprint density at radius 1 is 1.07 bits per heavy atom. The van der Waals surface area contributed by atoms with Crippen LogP contribution in [0.5, 0.6) is 11.5 Å². The first kappa shape index (κ1) is 21.3. The average molecular weight is 481 g/mol. The largest absolute Gasteiger partial charge is 0.497 e. The Labute approximate surface area is 178 Å². The Morgan fingerprint density at radius 3 is 2.52 bits per heavy atom. The molecule has 2 aromatic rings. The van der Waals surface area contributed by atoms with E-state index in [2.05, 4.69) is 46.0 Å². The molecule has 146 valence electrons. The first-order valence-corrected chi connectivity index (χ1v) is 8.95. The highest BCUT2D eigenvalue weighted by Gasteiger charge is 2.37. The maximum absolute atomic E-state index is 5.44. The predicted octanol–water partition coefficient (Wildman–Crippen LogP) is 3.79. The van der Waals surface area contributed by atoms with Gasteiger partial charge >= 0.3 is 0 Å². The summed E-state index contributed by atoms with van der Waals surface area (Å²) in [6, 6.07) is 16.6. The second-order valence-corrected chi connectivity index (χ2v) is 6.50. The number of halogens is 1. The van der Waals surface area contributed by atoms with E-state index in [0.717, 1.165) is 29.6 Å². The van der Waals surface area contributed by atoms with Gasteiger partial charge in [-0.25, -0.2) is 0 Å². The number of ether oxygens (including phenoxy) is 2. The number of hydrogen-bond acceptors (Lipinski definition) is 3. The van der Waals surface area contributed by atoms with Crippen LogP contribution in [0.4, 0.5) is 0 Å². The van der Waals surface area contributed by atoms with Crippen LogP contribution in [0.1, 0.15) is 23.5 Å². The Hall–Kier alpha value is -1.96. The van der Waals surface area contributed by atoms with E-state index >= 15 is 0 Å². The normalized spacial score (nSPS) is 18.3. The van der Waals surface area contributed by atoms with Crippen molar-refractivity contribution in [2.45, 2.75) is 18.9 Å². The highest BCUT2D eigenvalue weighted by atomic mass is 127. The minimum Gasteiger partial charge on any atom is -0.497 e. The SMILES string of the molecule is CN=C(NCc1ccc(OC)cc1OC)NCC1CC1c1ccccc1.I. The first-order valence-electron chi connectivity index (χ1n) is 8.95. The summed E-state index contributed by atoms with van der Waals surface area (Å²) in [6.45, 7) is 1.57. The minimum atomic E-state index is 0. The summed E-state index contributed by atoms with van der Waals surface area (Å²) < 4.78 is 10.7. The maximum Gasteiger partial charge on any atom is 0.191 e. The van der Waals surface area contributed by atoms with Crippen molar-refractivity contribution < 1.29 is 9.47 Å². The highest BCUT2D eigenvalue weighted by molar-refractivity contribution is 14.0. The van der Waals surface area contributed by atoms with Gasteiger partial charge in [0.2, 0.25) is 0 Å². The molecule has 0 bridgehead atoms. The van der Waals surface area contributed by atoms with Crippen LogP contribution in [0.15, 0.2) is 53.5 Å². The van der Waals surface area contributed by atoms with Gasteiger partial charge in [0.05, 0.1) is 14.2 Å². The lowest BCUT2D eigenvalue weighted by atomic mass is 10.1. The number of guanidine groups is 1. The summed E-state index contributed by atoms with van der Waals surface area (Å²) in [6.07, 6.45) is 1.24. The fraction of sp³-hybridized carbons (Fsp3) is 0.381. The molecule has 3 rings (SSSR count). The van der Waals surface area contributed by atoms with E-state index in [1.54, 1.807) is 21.3 Å². The third kappa shape index (κ3) is 5.76. The molecule has 0 saturated heterocycles. The Morgan fingerprint density at radius 2 is 1.85 bits per heavy atom. The maximum atomic E-state index is 5.44. The first-order chi connectivity index (χ1) is 12.7. The molecule has 2 aromatic carbocycles. The monoisotopic (exact) mass is 481 g/mol. The van der Waals surface area contributed by atoms with E-state index in [1.807, 2.05) is 18.2 Å². The van der Waals surface area contributed by atoms with E-state index in [4.69, 9.17) is 9.47 Å². The van der Waals surface area contributed by atoms with Crippen molar-refractivity contribution in [2.75, 3.05) is 27.8 Å². The van der Waals surface area contributed by atoms with Gasteiger partial charge < -0.3 is 20.1 Å². The van der Waals surface area contributed by atoms with Gasteiger partial charge in [0.1, 0.15) is 11.5 Å². The van der Waals surface area contributed by atoms with E-state index in [0.29, 0.717) is 18.4 Å². The molecule has 2 atom stereocenters. The van der Waals surface area contributed by atoms with Gasteiger partial charge in [-0.2, -0.15) is 0 Å². The van der Waals surface area contributed by atoms with Gasteiger partial charge in [-0.15, -0.1) is 24.0 Å². The molecule has 2 unspecified atom stereocenters. The van der Waals surface area contributed by atoms with Crippen molar-refractivity contribution in [2.24, 2.45) is 10.9 Å². The quantitative estimate of drug-likeness (QED) is 0.359. The number of hydrogen-bond donors (Lipinski definition) is 2. The summed E-state index contributed by atoms with van der Waals surface area (Å²) >= 11 is 0. The van der Waals surface area contributed by atoms with Crippen LogP contribution < -0.4 is 20.1 Å². The molecule has 1 fully saturated rings. The molecule has 0 aliphatic heterocycles. The summed E-state index contributed by atoms with van der Waals surface area (Å²) in [7, 11) is 5.11. The fourth-order valence-electron chi connectivity index (χ4n) is 3.21. The summed E-state index contributed by atoms with van der Waals surface area (Å²) in [5, 5.41) is 6.79.